The van der Waals surface area contributed by atoms with Crippen LogP contribution in [0.2, 0.25) is 0 Å². The summed E-state index contributed by atoms with van der Waals surface area (Å²) < 4.78 is 74.7. The van der Waals surface area contributed by atoms with E-state index >= 15 is 0 Å². The van der Waals surface area contributed by atoms with Crippen molar-refractivity contribution in [2.45, 2.75) is 37.8 Å². The quantitative estimate of drug-likeness (QED) is 0.556. The lowest BCUT2D eigenvalue weighted by molar-refractivity contribution is -0.193. The zero-order valence-electron chi connectivity index (χ0n) is 20.1. The number of hydrogen-bond donors (Lipinski definition) is 2. The Labute approximate surface area is 209 Å². The van der Waals surface area contributed by atoms with E-state index in [2.05, 4.69) is 34.1 Å². The van der Waals surface area contributed by atoms with Crippen LogP contribution in [0.5, 0.6) is 5.75 Å². The average molecular weight is 544 g/mol. The third kappa shape index (κ3) is 9.67. The van der Waals surface area contributed by atoms with Crippen molar-refractivity contribution in [3.05, 3.63) is 29.8 Å². The van der Waals surface area contributed by atoms with Crippen molar-refractivity contribution in [3.63, 3.8) is 0 Å². The van der Waals surface area contributed by atoms with Crippen LogP contribution >= 0.6 is 0 Å². The molecule has 0 aromatic heterocycles. The van der Waals surface area contributed by atoms with Gasteiger partial charge < -0.3 is 19.7 Å². The van der Waals surface area contributed by atoms with Crippen molar-refractivity contribution in [2.75, 3.05) is 46.5 Å². The molecule has 0 aliphatic carbocycles. The lowest BCUT2D eigenvalue weighted by atomic mass is 9.87. The molecule has 37 heavy (non-hydrogen) atoms. The number of halogens is 6. The second kappa shape index (κ2) is 13.3. The van der Waals surface area contributed by atoms with Gasteiger partial charge in [-0.25, -0.2) is 9.59 Å². The molecule has 0 unspecified atom stereocenters. The van der Waals surface area contributed by atoms with E-state index < -0.39 is 24.3 Å². The van der Waals surface area contributed by atoms with E-state index in [0.717, 1.165) is 31.4 Å². The predicted octanol–water partition coefficient (Wildman–Crippen LogP) is 3.50. The molecular formula is C23H30F6N2O6. The molecule has 3 fully saturated rings. The lowest BCUT2D eigenvalue weighted by Gasteiger charge is -2.38. The molecular weight excluding hydrogens is 514 g/mol. The number of carbonyl (C=O) groups is 2. The first-order chi connectivity index (χ1) is 17.2. The van der Waals surface area contributed by atoms with E-state index in [1.165, 1.54) is 44.6 Å². The van der Waals surface area contributed by atoms with Gasteiger partial charge in [0.05, 0.1) is 20.3 Å². The van der Waals surface area contributed by atoms with Crippen molar-refractivity contribution >= 4 is 11.9 Å². The molecule has 3 heterocycles. The number of hydrogen-bond acceptors (Lipinski definition) is 6. The fraction of sp³-hybridized carbons (Fsp3) is 0.652. The highest BCUT2D eigenvalue weighted by atomic mass is 19.4. The molecule has 1 aromatic rings. The maximum Gasteiger partial charge on any atom is 0.490 e. The van der Waals surface area contributed by atoms with Gasteiger partial charge in [-0.1, -0.05) is 12.1 Å². The summed E-state index contributed by atoms with van der Waals surface area (Å²) in [4.78, 5) is 23.1. The summed E-state index contributed by atoms with van der Waals surface area (Å²) in [5, 5.41) is 14.2. The Bertz CT molecular complexity index is 850. The first-order valence-corrected chi connectivity index (χ1v) is 11.5. The normalized spacial score (nSPS) is 24.2. The Balaban J connectivity index is 0.000000286. The second-order valence-corrected chi connectivity index (χ2v) is 8.92. The van der Waals surface area contributed by atoms with Gasteiger partial charge in [-0.2, -0.15) is 26.3 Å². The average Bonchev–Trinajstić information content (AvgIpc) is 3.49. The first kappa shape index (κ1) is 30.6. The Kier molecular flexibility index (Phi) is 11.0. The number of carboxylic acids is 2. The summed E-state index contributed by atoms with van der Waals surface area (Å²) >= 11 is 0. The van der Waals surface area contributed by atoms with Gasteiger partial charge in [0.2, 0.25) is 0 Å². The van der Waals surface area contributed by atoms with Crippen LogP contribution in [0.3, 0.4) is 0 Å². The minimum atomic E-state index is -5.08. The highest BCUT2D eigenvalue weighted by Gasteiger charge is 2.43. The van der Waals surface area contributed by atoms with Crippen molar-refractivity contribution in [1.82, 2.24) is 9.80 Å². The molecule has 8 nitrogen and oxygen atoms in total. The van der Waals surface area contributed by atoms with E-state index in [4.69, 9.17) is 29.3 Å². The van der Waals surface area contributed by atoms with Crippen LogP contribution in [0.25, 0.3) is 0 Å². The predicted molar refractivity (Wildman–Crippen MR) is 118 cm³/mol. The molecule has 0 saturated carbocycles. The highest BCUT2D eigenvalue weighted by Crippen LogP contribution is 2.35. The van der Waals surface area contributed by atoms with Crippen molar-refractivity contribution < 1.29 is 55.6 Å². The van der Waals surface area contributed by atoms with Crippen LogP contribution in [-0.2, 0) is 20.9 Å². The monoisotopic (exact) mass is 544 g/mol. The third-order valence-corrected chi connectivity index (χ3v) is 6.34. The molecule has 3 aliphatic rings. The van der Waals surface area contributed by atoms with Gasteiger partial charge in [0.15, 0.2) is 0 Å². The minimum absolute atomic E-state index is 0.650. The molecule has 0 bridgehead atoms. The fourth-order valence-electron chi connectivity index (χ4n) is 4.63. The Hall–Kier alpha value is -2.58. The summed E-state index contributed by atoms with van der Waals surface area (Å²) in [6, 6.07) is 9.16. The van der Waals surface area contributed by atoms with E-state index in [9.17, 15) is 26.3 Å². The molecule has 0 spiro atoms. The molecule has 14 heteroatoms. The molecule has 0 amide bonds. The Morgan fingerprint density at radius 2 is 1.46 bits per heavy atom. The van der Waals surface area contributed by atoms with E-state index in [1.54, 1.807) is 7.11 Å². The van der Waals surface area contributed by atoms with Crippen LogP contribution in [0.1, 0.15) is 18.4 Å². The van der Waals surface area contributed by atoms with Gasteiger partial charge in [-0.3, -0.25) is 9.80 Å². The number of fused-ring (bicyclic) bond motifs is 1. The number of methoxy groups -OCH3 is 1. The van der Waals surface area contributed by atoms with Gasteiger partial charge in [0.1, 0.15) is 5.75 Å². The summed E-state index contributed by atoms with van der Waals surface area (Å²) in [5.74, 6) is -3.07. The first-order valence-electron chi connectivity index (χ1n) is 11.5. The fourth-order valence-corrected chi connectivity index (χ4v) is 4.63. The summed E-state index contributed by atoms with van der Waals surface area (Å²) in [6.07, 6.45) is -7.44. The topological polar surface area (TPSA) is 99.5 Å². The zero-order valence-corrected chi connectivity index (χ0v) is 20.1. The number of aliphatic carboxylic acids is 2. The van der Waals surface area contributed by atoms with Crippen LogP contribution in [0.4, 0.5) is 26.3 Å². The van der Waals surface area contributed by atoms with Crippen LogP contribution in [-0.4, -0.2) is 96.8 Å². The molecule has 210 valence electrons. The largest absolute Gasteiger partial charge is 0.497 e. The second-order valence-electron chi connectivity index (χ2n) is 8.92. The van der Waals surface area contributed by atoms with Gasteiger partial charge in [-0.15, -0.1) is 0 Å². The molecule has 0 radical (unpaired) electrons. The minimum Gasteiger partial charge on any atom is -0.497 e. The molecule has 3 saturated heterocycles. The van der Waals surface area contributed by atoms with Gasteiger partial charge in [-0.05, 0) is 49.5 Å². The number of carboxylic acid groups (broad SMARTS) is 2. The molecule has 4 rings (SSSR count). The van der Waals surface area contributed by atoms with Crippen molar-refractivity contribution in [2.24, 2.45) is 11.8 Å². The zero-order chi connectivity index (χ0) is 27.8. The van der Waals surface area contributed by atoms with E-state index in [0.29, 0.717) is 12.0 Å². The number of likely N-dealkylation sites (tertiary alicyclic amines) is 2. The molecule has 3 atom stereocenters. The summed E-state index contributed by atoms with van der Waals surface area (Å²) in [7, 11) is 1.72. The maximum atomic E-state index is 10.6. The standard InChI is InChI=1S/C19H28N2O2.2C2HF3O2/c1-22-17-6-4-15(5-7-17)10-20-11-16-13-23-14-19(18(16)12-20)21-8-2-3-9-21;2*3-2(4,5)1(6)7/h4-7,16,18-19H,2-3,8-14H2,1H3;2*(H,6,7)/t16-,18-,19-;;/m1../s1. The summed E-state index contributed by atoms with van der Waals surface area (Å²) in [6.45, 7) is 7.89. The number of alkyl halides is 6. The number of benzene rings is 1. The SMILES string of the molecule is COc1ccc(CN2C[C@@H]3COC[C@@H](N4CCCC4)[C@@H]3C2)cc1.O=C(O)C(F)(F)F.O=C(O)C(F)(F)F. The third-order valence-electron chi connectivity index (χ3n) is 6.34. The van der Waals surface area contributed by atoms with Gasteiger partial charge in [0.25, 0.3) is 0 Å². The maximum absolute atomic E-state index is 10.6. The smallest absolute Gasteiger partial charge is 0.490 e. The Morgan fingerprint density at radius 1 is 0.946 bits per heavy atom. The molecule has 2 N–H and O–H groups in total. The number of nitrogens with zero attached hydrogens (tertiary/aromatic N) is 2. The van der Waals surface area contributed by atoms with E-state index in [1.807, 2.05) is 0 Å². The van der Waals surface area contributed by atoms with Crippen molar-refractivity contribution in [1.29, 1.82) is 0 Å². The summed E-state index contributed by atoms with van der Waals surface area (Å²) in [5.41, 5.74) is 1.38. The van der Waals surface area contributed by atoms with Gasteiger partial charge in [0, 0.05) is 31.6 Å². The van der Waals surface area contributed by atoms with E-state index in [-0.39, 0.29) is 0 Å². The van der Waals surface area contributed by atoms with Gasteiger partial charge >= 0.3 is 24.3 Å². The number of rotatable bonds is 4. The van der Waals surface area contributed by atoms with Crippen LogP contribution in [0, 0.1) is 11.8 Å². The molecule has 1 aromatic carbocycles. The van der Waals surface area contributed by atoms with Crippen molar-refractivity contribution in [3.8, 4) is 5.75 Å². The highest BCUT2D eigenvalue weighted by molar-refractivity contribution is 5.73. The Morgan fingerprint density at radius 3 is 1.92 bits per heavy atom. The number of ether oxygens (including phenoxy) is 2. The van der Waals surface area contributed by atoms with Crippen LogP contribution in [0.15, 0.2) is 24.3 Å². The van der Waals surface area contributed by atoms with Crippen LogP contribution < -0.4 is 4.74 Å². The lowest BCUT2D eigenvalue weighted by Crippen LogP contribution is -2.49. The molecule has 3 aliphatic heterocycles.